The smallest absolute Gasteiger partial charge is 0.259 e. The number of hydrogen-bond donors (Lipinski definition) is 5. The fourth-order valence-electron chi connectivity index (χ4n) is 5.32. The first-order valence-corrected chi connectivity index (χ1v) is 9.79. The number of nitrogens with two attached hydrogens (primary N) is 1. The number of Topliss-reactive ketones (excluding diaryl/α,β-unsaturated/α-hetero) is 2. The van der Waals surface area contributed by atoms with Crippen molar-refractivity contribution in [3.05, 3.63) is 55.9 Å². The maximum atomic E-state index is 13.1. The molecule has 0 aromatic carbocycles. The van der Waals surface area contributed by atoms with E-state index in [0.717, 1.165) is 0 Å². The number of ketones is 2. The molecule has 0 saturated carbocycles. The van der Waals surface area contributed by atoms with E-state index in [0.29, 0.717) is 24.1 Å². The molecule has 0 bridgehead atoms. The number of aromatic nitrogens is 1. The number of carbonyl (C=O) groups excluding carboxylic acids is 3. The largest absolute Gasteiger partial charge is 0.511 e. The highest BCUT2D eigenvalue weighted by atomic mass is 16.3. The van der Waals surface area contributed by atoms with Crippen LogP contribution in [0, 0.1) is 30.6 Å². The molecule has 3 aliphatic carbocycles. The van der Waals surface area contributed by atoms with Crippen LogP contribution in [0.1, 0.15) is 28.0 Å². The molecule has 0 spiro atoms. The standard InChI is InChI=1S/C21H23N3O6/c1-7-3-8-4-9-5-10-11(6-23-2)16(25)15(20(22)29)19(28)14(10)18(27)12(9)17(26)13(8)21(30)24-7/h3,9-11,14,23,25,27H,4-6H2,1-2H3,(H2,22,29)(H,24,30)/t9?,10?,11-,14?/m0/s1. The number of H-pyrrole nitrogens is 1. The van der Waals surface area contributed by atoms with Crippen molar-refractivity contribution in [1.82, 2.24) is 10.3 Å². The summed E-state index contributed by atoms with van der Waals surface area (Å²) in [7, 11) is 1.67. The number of fused-ring (bicyclic) bond motifs is 3. The van der Waals surface area contributed by atoms with E-state index in [-0.39, 0.29) is 23.4 Å². The van der Waals surface area contributed by atoms with Gasteiger partial charge in [-0.3, -0.25) is 19.2 Å². The molecule has 9 heteroatoms. The van der Waals surface area contributed by atoms with E-state index in [1.165, 1.54) is 0 Å². The van der Waals surface area contributed by atoms with E-state index < -0.39 is 58.0 Å². The molecule has 6 N–H and O–H groups in total. The Kier molecular flexibility index (Phi) is 4.65. The molecule has 0 aliphatic heterocycles. The second-order valence-electron chi connectivity index (χ2n) is 8.24. The lowest BCUT2D eigenvalue weighted by Crippen LogP contribution is -2.49. The summed E-state index contributed by atoms with van der Waals surface area (Å²) in [6.45, 7) is 1.98. The van der Waals surface area contributed by atoms with Gasteiger partial charge in [0.25, 0.3) is 11.5 Å². The van der Waals surface area contributed by atoms with Gasteiger partial charge in [0.05, 0.1) is 11.5 Å². The first kappa shape index (κ1) is 20.1. The van der Waals surface area contributed by atoms with Gasteiger partial charge in [0.1, 0.15) is 17.1 Å². The van der Waals surface area contributed by atoms with E-state index in [9.17, 15) is 29.4 Å². The molecule has 4 rings (SSSR count). The maximum absolute atomic E-state index is 13.1. The first-order valence-electron chi connectivity index (χ1n) is 9.79. The van der Waals surface area contributed by atoms with Gasteiger partial charge in [-0.05, 0) is 50.3 Å². The van der Waals surface area contributed by atoms with E-state index >= 15 is 0 Å². The summed E-state index contributed by atoms with van der Waals surface area (Å²) in [6, 6.07) is 1.74. The lowest BCUT2D eigenvalue weighted by molar-refractivity contribution is -0.127. The minimum absolute atomic E-state index is 0.0274. The Bertz CT molecular complexity index is 1110. The molecule has 1 heterocycles. The second kappa shape index (κ2) is 6.94. The average Bonchev–Trinajstić information content (AvgIpc) is 2.63. The molecule has 1 amide bonds. The number of nitrogens with one attached hydrogen (secondary N) is 2. The van der Waals surface area contributed by atoms with Crippen molar-refractivity contribution in [3.8, 4) is 0 Å². The third kappa shape index (κ3) is 2.72. The Hall–Kier alpha value is -3.20. The average molecular weight is 413 g/mol. The van der Waals surface area contributed by atoms with Crippen molar-refractivity contribution in [3.63, 3.8) is 0 Å². The number of carbonyl (C=O) groups is 3. The zero-order chi connectivity index (χ0) is 21.9. The van der Waals surface area contributed by atoms with Crippen LogP contribution in [0.5, 0.6) is 0 Å². The zero-order valence-electron chi connectivity index (χ0n) is 16.6. The number of hydrogen-bond acceptors (Lipinski definition) is 7. The topological polar surface area (TPSA) is 163 Å². The van der Waals surface area contributed by atoms with Crippen molar-refractivity contribution < 1.29 is 24.6 Å². The van der Waals surface area contributed by atoms with Crippen molar-refractivity contribution in [2.45, 2.75) is 19.8 Å². The van der Waals surface area contributed by atoms with E-state index in [1.807, 2.05) is 0 Å². The van der Waals surface area contributed by atoms with Gasteiger partial charge in [-0.1, -0.05) is 0 Å². The van der Waals surface area contributed by atoms with Crippen LogP contribution in [0.4, 0.5) is 0 Å². The molecular formula is C21H23N3O6. The number of aliphatic hydroxyl groups excluding tert-OH is 2. The summed E-state index contributed by atoms with van der Waals surface area (Å²) in [5.41, 5.74) is 5.49. The van der Waals surface area contributed by atoms with Crippen LogP contribution in [-0.2, 0) is 16.0 Å². The molecule has 3 aliphatic rings. The summed E-state index contributed by atoms with van der Waals surface area (Å²) in [5, 5.41) is 24.6. The van der Waals surface area contributed by atoms with Gasteiger partial charge in [0.2, 0.25) is 0 Å². The molecule has 0 fully saturated rings. The number of amides is 1. The Balaban J connectivity index is 1.89. The van der Waals surface area contributed by atoms with Crippen molar-refractivity contribution in [1.29, 1.82) is 0 Å². The fraction of sp³-hybridized carbons (Fsp3) is 0.429. The number of pyridine rings is 1. The van der Waals surface area contributed by atoms with Gasteiger partial charge in [-0.15, -0.1) is 0 Å². The quantitative estimate of drug-likeness (QED) is 0.442. The number of aliphatic hydroxyl groups is 2. The van der Waals surface area contributed by atoms with Gasteiger partial charge in [0.15, 0.2) is 11.6 Å². The van der Waals surface area contributed by atoms with Crippen LogP contribution in [0.15, 0.2) is 33.5 Å². The molecule has 158 valence electrons. The van der Waals surface area contributed by atoms with Crippen LogP contribution in [-0.4, -0.2) is 46.3 Å². The zero-order valence-corrected chi connectivity index (χ0v) is 16.6. The minimum atomic E-state index is -1.16. The van der Waals surface area contributed by atoms with Crippen LogP contribution in [0.2, 0.25) is 0 Å². The number of aryl methyl sites for hydroxylation is 1. The Labute approximate surface area is 171 Å². The third-order valence-electron chi connectivity index (χ3n) is 6.47. The number of primary amides is 1. The SMILES string of the molecule is CNC[C@@H]1C(O)=C(C(N)=O)C(=O)C2C(O)=C3C(=O)c4c(cc(C)[nH]c4=O)CC3CC21. The summed E-state index contributed by atoms with van der Waals surface area (Å²) < 4.78 is 0. The lowest BCUT2D eigenvalue weighted by Gasteiger charge is -2.44. The normalized spacial score (nSPS) is 28.2. The highest BCUT2D eigenvalue weighted by Crippen LogP contribution is 2.50. The number of aromatic amines is 1. The first-order chi connectivity index (χ1) is 14.2. The second-order valence-corrected chi connectivity index (χ2v) is 8.24. The molecule has 1 aromatic rings. The minimum Gasteiger partial charge on any atom is -0.511 e. The fourth-order valence-corrected chi connectivity index (χ4v) is 5.32. The van der Waals surface area contributed by atoms with Crippen molar-refractivity contribution in [2.24, 2.45) is 29.4 Å². The summed E-state index contributed by atoms with van der Waals surface area (Å²) in [4.78, 5) is 53.0. The predicted molar refractivity (Wildman–Crippen MR) is 106 cm³/mol. The molecule has 9 nitrogen and oxygen atoms in total. The van der Waals surface area contributed by atoms with Gasteiger partial charge in [0, 0.05) is 23.7 Å². The van der Waals surface area contributed by atoms with Gasteiger partial charge >= 0.3 is 0 Å². The van der Waals surface area contributed by atoms with Crippen LogP contribution < -0.4 is 16.6 Å². The van der Waals surface area contributed by atoms with E-state index in [4.69, 9.17) is 5.73 Å². The molecular weight excluding hydrogens is 390 g/mol. The monoisotopic (exact) mass is 413 g/mol. The van der Waals surface area contributed by atoms with Crippen LogP contribution in [0.3, 0.4) is 0 Å². The van der Waals surface area contributed by atoms with Gasteiger partial charge in [-0.2, -0.15) is 0 Å². The van der Waals surface area contributed by atoms with Crippen molar-refractivity contribution >= 4 is 17.5 Å². The summed E-state index contributed by atoms with van der Waals surface area (Å²) in [5.74, 6) is -5.98. The lowest BCUT2D eigenvalue weighted by atomic mass is 9.59. The van der Waals surface area contributed by atoms with E-state index in [1.54, 1.807) is 20.0 Å². The Morgan fingerprint density at radius 3 is 2.60 bits per heavy atom. The molecule has 30 heavy (non-hydrogen) atoms. The number of allylic oxidation sites excluding steroid dienone is 2. The van der Waals surface area contributed by atoms with Crippen molar-refractivity contribution in [2.75, 3.05) is 13.6 Å². The molecule has 1 aromatic heterocycles. The number of rotatable bonds is 3. The summed E-state index contributed by atoms with van der Waals surface area (Å²) >= 11 is 0. The van der Waals surface area contributed by atoms with Gasteiger partial charge in [-0.25, -0.2) is 0 Å². The Morgan fingerprint density at radius 1 is 1.27 bits per heavy atom. The highest BCUT2D eigenvalue weighted by Gasteiger charge is 2.53. The third-order valence-corrected chi connectivity index (χ3v) is 6.47. The predicted octanol–water partition coefficient (Wildman–Crippen LogP) is 0.202. The maximum Gasteiger partial charge on any atom is 0.259 e. The highest BCUT2D eigenvalue weighted by molar-refractivity contribution is 6.22. The summed E-state index contributed by atoms with van der Waals surface area (Å²) in [6.07, 6.45) is 0.706. The van der Waals surface area contributed by atoms with Gasteiger partial charge < -0.3 is 26.2 Å². The van der Waals surface area contributed by atoms with Crippen LogP contribution in [0.25, 0.3) is 0 Å². The van der Waals surface area contributed by atoms with E-state index in [2.05, 4.69) is 10.3 Å². The molecule has 0 saturated heterocycles. The molecule has 4 atom stereocenters. The molecule has 0 radical (unpaired) electrons. The Morgan fingerprint density at radius 2 is 1.97 bits per heavy atom. The van der Waals surface area contributed by atoms with Crippen LogP contribution >= 0.6 is 0 Å². The molecule has 3 unspecified atom stereocenters.